The van der Waals surface area contributed by atoms with Gasteiger partial charge in [0.05, 0.1) is 11.6 Å². The summed E-state index contributed by atoms with van der Waals surface area (Å²) in [4.78, 5) is 0. The molecule has 0 aliphatic rings. The predicted molar refractivity (Wildman–Crippen MR) is 121 cm³/mol. The van der Waals surface area contributed by atoms with E-state index < -0.39 is 0 Å². The van der Waals surface area contributed by atoms with Crippen LogP contribution in [-0.4, -0.2) is 12.6 Å². The molecule has 3 nitrogen and oxygen atoms in total. The van der Waals surface area contributed by atoms with Crippen LogP contribution >= 0.6 is 15.9 Å². The smallest absolute Gasteiger partial charge is 0.175 e. The highest BCUT2D eigenvalue weighted by molar-refractivity contribution is 9.10. The first-order valence-corrected chi connectivity index (χ1v) is 10.6. The van der Waals surface area contributed by atoms with Gasteiger partial charge >= 0.3 is 0 Å². The molecule has 28 heavy (non-hydrogen) atoms. The van der Waals surface area contributed by atoms with Gasteiger partial charge in [0.2, 0.25) is 0 Å². The van der Waals surface area contributed by atoms with Crippen molar-refractivity contribution in [3.8, 4) is 11.5 Å². The zero-order valence-electron chi connectivity index (χ0n) is 18.3. The molecule has 154 valence electrons. The van der Waals surface area contributed by atoms with E-state index in [1.807, 2.05) is 0 Å². The van der Waals surface area contributed by atoms with Gasteiger partial charge in [0, 0.05) is 12.1 Å². The third-order valence-corrected chi connectivity index (χ3v) is 5.09. The van der Waals surface area contributed by atoms with Gasteiger partial charge < -0.3 is 14.8 Å². The second kappa shape index (κ2) is 9.32. The van der Waals surface area contributed by atoms with Gasteiger partial charge in [-0.2, -0.15) is 0 Å². The fourth-order valence-corrected chi connectivity index (χ4v) is 4.31. The topological polar surface area (TPSA) is 30.5 Å². The Kier molecular flexibility index (Phi) is 7.58. The van der Waals surface area contributed by atoms with Crippen LogP contribution in [0.5, 0.6) is 11.5 Å². The molecule has 0 aromatic heterocycles. The van der Waals surface area contributed by atoms with Crippen molar-refractivity contribution in [2.24, 2.45) is 5.41 Å². The van der Waals surface area contributed by atoms with Gasteiger partial charge in [-0.1, -0.05) is 50.6 Å². The Labute approximate surface area is 179 Å². The van der Waals surface area contributed by atoms with Crippen molar-refractivity contribution < 1.29 is 9.47 Å². The number of ether oxygens (including phenoxy) is 2. The van der Waals surface area contributed by atoms with Gasteiger partial charge in [0.1, 0.15) is 6.61 Å². The summed E-state index contributed by atoms with van der Waals surface area (Å²) in [7, 11) is 1.68. The Bertz CT molecular complexity index is 794. The largest absolute Gasteiger partial charge is 0.493 e. The third kappa shape index (κ3) is 7.14. The van der Waals surface area contributed by atoms with Gasteiger partial charge in [-0.25, -0.2) is 0 Å². The van der Waals surface area contributed by atoms with Crippen LogP contribution in [0.25, 0.3) is 0 Å². The standard InChI is InChI=1S/C24H34BrNO2/c1-17-9-8-10-18(11-17)15-28-22-20(25)12-19(13-21(22)27-7)14-26-24(5,6)16-23(2,3)4/h8-13,26H,14-16H2,1-7H3. The molecule has 0 saturated heterocycles. The Balaban J connectivity index is 2.10. The molecule has 2 aromatic rings. The van der Waals surface area contributed by atoms with Gasteiger partial charge in [-0.05, 0) is 71.8 Å². The molecule has 0 spiro atoms. The lowest BCUT2D eigenvalue weighted by molar-refractivity contribution is 0.240. The second-order valence-electron chi connectivity index (χ2n) is 9.36. The van der Waals surface area contributed by atoms with Crippen molar-refractivity contribution in [2.75, 3.05) is 7.11 Å². The van der Waals surface area contributed by atoms with Crippen molar-refractivity contribution in [1.29, 1.82) is 0 Å². The maximum absolute atomic E-state index is 6.07. The average Bonchev–Trinajstić information content (AvgIpc) is 2.56. The van der Waals surface area contributed by atoms with E-state index in [9.17, 15) is 0 Å². The van der Waals surface area contributed by atoms with E-state index in [1.165, 1.54) is 5.56 Å². The molecule has 0 radical (unpaired) electrons. The summed E-state index contributed by atoms with van der Waals surface area (Å²) in [6.07, 6.45) is 1.09. The molecule has 0 atom stereocenters. The molecular weight excluding hydrogens is 414 g/mol. The summed E-state index contributed by atoms with van der Waals surface area (Å²) < 4.78 is 12.6. The maximum Gasteiger partial charge on any atom is 0.175 e. The maximum atomic E-state index is 6.07. The summed E-state index contributed by atoms with van der Waals surface area (Å²) in [5.74, 6) is 1.48. The first-order valence-electron chi connectivity index (χ1n) is 9.79. The molecule has 0 aliphatic carbocycles. The number of benzene rings is 2. The number of nitrogens with one attached hydrogen (secondary N) is 1. The highest BCUT2D eigenvalue weighted by Crippen LogP contribution is 2.37. The quantitative estimate of drug-likeness (QED) is 0.491. The minimum absolute atomic E-state index is 0.0539. The Morgan fingerprint density at radius 3 is 2.32 bits per heavy atom. The number of hydrogen-bond donors (Lipinski definition) is 1. The van der Waals surface area contributed by atoms with E-state index in [0.717, 1.165) is 40.1 Å². The monoisotopic (exact) mass is 447 g/mol. The van der Waals surface area contributed by atoms with Crippen molar-refractivity contribution in [2.45, 2.75) is 66.7 Å². The summed E-state index contributed by atoms with van der Waals surface area (Å²) in [5.41, 5.74) is 3.87. The van der Waals surface area contributed by atoms with Crippen LogP contribution < -0.4 is 14.8 Å². The minimum atomic E-state index is 0.0539. The van der Waals surface area contributed by atoms with Crippen LogP contribution in [0.3, 0.4) is 0 Å². The third-order valence-electron chi connectivity index (χ3n) is 4.50. The molecule has 0 heterocycles. The second-order valence-corrected chi connectivity index (χ2v) is 10.2. The molecule has 0 bridgehead atoms. The Hall–Kier alpha value is -1.52. The molecule has 0 amide bonds. The Morgan fingerprint density at radius 2 is 1.71 bits per heavy atom. The highest BCUT2D eigenvalue weighted by Gasteiger charge is 2.25. The van der Waals surface area contributed by atoms with Gasteiger partial charge in [0.15, 0.2) is 11.5 Å². The fourth-order valence-electron chi connectivity index (χ4n) is 3.70. The van der Waals surface area contributed by atoms with Crippen molar-refractivity contribution >= 4 is 15.9 Å². The molecule has 1 N–H and O–H groups in total. The van der Waals surface area contributed by atoms with Gasteiger partial charge in [-0.3, -0.25) is 0 Å². The SMILES string of the molecule is COc1cc(CNC(C)(C)CC(C)(C)C)cc(Br)c1OCc1cccc(C)c1. The summed E-state index contributed by atoms with van der Waals surface area (Å²) in [6.45, 7) is 14.7. The van der Waals surface area contributed by atoms with E-state index in [0.29, 0.717) is 6.61 Å². The van der Waals surface area contributed by atoms with E-state index in [1.54, 1.807) is 7.11 Å². The molecule has 2 aromatic carbocycles. The van der Waals surface area contributed by atoms with E-state index in [-0.39, 0.29) is 11.0 Å². The normalized spacial score (nSPS) is 12.1. The van der Waals surface area contributed by atoms with Crippen molar-refractivity contribution in [3.05, 3.63) is 57.6 Å². The molecule has 0 saturated carbocycles. The number of hydrogen-bond acceptors (Lipinski definition) is 3. The van der Waals surface area contributed by atoms with Crippen LogP contribution in [0.1, 0.15) is 57.7 Å². The number of rotatable bonds is 8. The lowest BCUT2D eigenvalue weighted by Gasteiger charge is -2.33. The first kappa shape index (κ1) is 22.8. The lowest BCUT2D eigenvalue weighted by atomic mass is 9.82. The van der Waals surface area contributed by atoms with Crippen LogP contribution in [0.15, 0.2) is 40.9 Å². The number of halogens is 1. The molecule has 4 heteroatoms. The summed E-state index contributed by atoms with van der Waals surface area (Å²) >= 11 is 3.66. The fraction of sp³-hybridized carbons (Fsp3) is 0.500. The lowest BCUT2D eigenvalue weighted by Crippen LogP contribution is -2.41. The first-order chi connectivity index (χ1) is 13.0. The van der Waals surface area contributed by atoms with Crippen LogP contribution in [0.4, 0.5) is 0 Å². The van der Waals surface area contributed by atoms with E-state index in [2.05, 4.69) is 99.2 Å². The zero-order valence-corrected chi connectivity index (χ0v) is 19.9. The molecule has 0 unspecified atom stereocenters. The Morgan fingerprint density at radius 1 is 1.00 bits per heavy atom. The highest BCUT2D eigenvalue weighted by atomic mass is 79.9. The van der Waals surface area contributed by atoms with Crippen molar-refractivity contribution in [3.63, 3.8) is 0 Å². The van der Waals surface area contributed by atoms with Crippen molar-refractivity contribution in [1.82, 2.24) is 5.32 Å². The van der Waals surface area contributed by atoms with E-state index in [4.69, 9.17) is 9.47 Å². The average molecular weight is 448 g/mol. The molecular formula is C24H34BrNO2. The van der Waals surface area contributed by atoms with Gasteiger partial charge in [-0.15, -0.1) is 0 Å². The molecule has 2 rings (SSSR count). The summed E-state index contributed by atoms with van der Waals surface area (Å²) in [6, 6.07) is 12.5. The number of methoxy groups -OCH3 is 1. The number of aryl methyl sites for hydroxylation is 1. The zero-order chi connectivity index (χ0) is 20.9. The van der Waals surface area contributed by atoms with E-state index >= 15 is 0 Å². The minimum Gasteiger partial charge on any atom is -0.493 e. The predicted octanol–water partition coefficient (Wildman–Crippen LogP) is 6.65. The molecule has 0 aliphatic heterocycles. The van der Waals surface area contributed by atoms with Crippen LogP contribution in [-0.2, 0) is 13.2 Å². The van der Waals surface area contributed by atoms with Crippen LogP contribution in [0, 0.1) is 12.3 Å². The molecule has 0 fully saturated rings. The van der Waals surface area contributed by atoms with Gasteiger partial charge in [0.25, 0.3) is 0 Å². The van der Waals surface area contributed by atoms with Crippen LogP contribution in [0.2, 0.25) is 0 Å². The summed E-state index contributed by atoms with van der Waals surface area (Å²) in [5, 5.41) is 3.68.